The summed E-state index contributed by atoms with van der Waals surface area (Å²) in [7, 11) is 0. The summed E-state index contributed by atoms with van der Waals surface area (Å²) in [5.74, 6) is 0. The molecule has 1 aliphatic rings. The van der Waals surface area contributed by atoms with Gasteiger partial charge in [0.1, 0.15) is 0 Å². The minimum atomic E-state index is -0.459. The molecule has 1 aliphatic carbocycles. The van der Waals surface area contributed by atoms with Crippen molar-refractivity contribution >= 4 is 5.57 Å². The Morgan fingerprint density at radius 3 is 2.08 bits per heavy atom. The van der Waals surface area contributed by atoms with E-state index < -0.39 is 5.41 Å². The van der Waals surface area contributed by atoms with Crippen LogP contribution in [-0.2, 0) is 5.41 Å². The molecular weight excluding hydrogens is 300 g/mol. The monoisotopic (exact) mass is 322 g/mol. The zero-order valence-electron chi connectivity index (χ0n) is 14.4. The van der Waals surface area contributed by atoms with Crippen LogP contribution in [0.4, 0.5) is 0 Å². The Hall–Kier alpha value is -3.12. The number of hydrogen-bond acceptors (Lipinski definition) is 0. The van der Waals surface area contributed by atoms with E-state index in [1.807, 2.05) is 36.4 Å². The lowest BCUT2D eigenvalue weighted by Crippen LogP contribution is -2.29. The molecule has 0 bridgehead atoms. The van der Waals surface area contributed by atoms with Crippen molar-refractivity contribution in [3.8, 4) is 0 Å². The van der Waals surface area contributed by atoms with Crippen LogP contribution in [-0.4, -0.2) is 0 Å². The Kier molecular flexibility index (Phi) is 4.54. The first-order valence-corrected chi connectivity index (χ1v) is 8.36. The second kappa shape index (κ2) is 6.78. The minimum Gasteiger partial charge on any atom is -0.0991 e. The maximum atomic E-state index is 4.13. The molecule has 0 radical (unpaired) electrons. The van der Waals surface area contributed by atoms with E-state index in [1.54, 1.807) is 0 Å². The third-order valence-electron chi connectivity index (χ3n) is 4.88. The fraction of sp³-hybridized carbons (Fsp3) is 0.0400. The summed E-state index contributed by atoms with van der Waals surface area (Å²) < 4.78 is 0. The minimum absolute atomic E-state index is 0.459. The van der Waals surface area contributed by atoms with Crippen molar-refractivity contribution in [1.29, 1.82) is 0 Å². The Bertz CT molecular complexity index is 906. The molecule has 0 nitrogen and oxygen atoms in total. The first-order chi connectivity index (χ1) is 12.2. The second-order valence-corrected chi connectivity index (χ2v) is 5.96. The van der Waals surface area contributed by atoms with Gasteiger partial charge in [-0.2, -0.15) is 0 Å². The summed E-state index contributed by atoms with van der Waals surface area (Å²) in [5.41, 5.74) is 6.45. The van der Waals surface area contributed by atoms with Crippen LogP contribution in [0.1, 0.15) is 16.7 Å². The molecule has 0 N–H and O–H groups in total. The summed E-state index contributed by atoms with van der Waals surface area (Å²) in [6, 6.07) is 19.0. The highest BCUT2D eigenvalue weighted by molar-refractivity contribution is 5.91. The molecule has 122 valence electrons. The molecule has 0 heteroatoms. The predicted octanol–water partition coefficient (Wildman–Crippen LogP) is 6.41. The van der Waals surface area contributed by atoms with Crippen LogP contribution in [0.5, 0.6) is 0 Å². The fourth-order valence-corrected chi connectivity index (χ4v) is 3.97. The highest BCUT2D eigenvalue weighted by Crippen LogP contribution is 2.55. The summed E-state index contributed by atoms with van der Waals surface area (Å²) in [6.07, 6.45) is 9.64. The van der Waals surface area contributed by atoms with Crippen molar-refractivity contribution in [1.82, 2.24) is 0 Å². The number of benzene rings is 2. The molecule has 25 heavy (non-hydrogen) atoms. The van der Waals surface area contributed by atoms with Crippen LogP contribution in [0.15, 0.2) is 122 Å². The van der Waals surface area contributed by atoms with E-state index in [4.69, 9.17) is 0 Å². The van der Waals surface area contributed by atoms with E-state index in [1.165, 1.54) is 16.7 Å². The van der Waals surface area contributed by atoms with Crippen LogP contribution in [0.2, 0.25) is 0 Å². The molecule has 0 amide bonds. The number of rotatable bonds is 6. The van der Waals surface area contributed by atoms with E-state index in [0.29, 0.717) is 0 Å². The van der Waals surface area contributed by atoms with Crippen LogP contribution in [0.25, 0.3) is 5.57 Å². The third-order valence-corrected chi connectivity index (χ3v) is 4.88. The standard InChI is InChI=1S/C25H22/c1-5-14-19(6-2)25(20-15-10-9-11-16-20)23(8-4)21(7-3)22-17-12-13-18-24(22)25/h5-18H,1-4H2/b19-14+. The molecule has 2 aromatic rings. The first kappa shape index (κ1) is 16.7. The van der Waals surface area contributed by atoms with Crippen molar-refractivity contribution in [3.63, 3.8) is 0 Å². The molecule has 2 aromatic carbocycles. The Balaban J connectivity index is 2.55. The van der Waals surface area contributed by atoms with Crippen molar-refractivity contribution in [2.75, 3.05) is 0 Å². The molecule has 0 aromatic heterocycles. The van der Waals surface area contributed by atoms with Gasteiger partial charge in [-0.3, -0.25) is 0 Å². The molecule has 0 aliphatic heterocycles. The van der Waals surface area contributed by atoms with E-state index in [9.17, 15) is 0 Å². The van der Waals surface area contributed by atoms with Gasteiger partial charge in [0.15, 0.2) is 0 Å². The topological polar surface area (TPSA) is 0 Å². The molecule has 1 atom stereocenters. The average Bonchev–Trinajstić information content (AvgIpc) is 2.97. The summed E-state index contributed by atoms with van der Waals surface area (Å²) in [6.45, 7) is 16.2. The smallest absolute Gasteiger partial charge is 0.0713 e. The lowest BCUT2D eigenvalue weighted by Gasteiger charge is -2.35. The Labute approximate surface area is 150 Å². The SMILES string of the molecule is C=C/C=C(\C=C)C1(c2ccccc2)C(C=C)=C(C=C)c2ccccc21. The van der Waals surface area contributed by atoms with Crippen molar-refractivity contribution < 1.29 is 0 Å². The zero-order chi connectivity index (χ0) is 17.9. The van der Waals surface area contributed by atoms with E-state index in [2.05, 4.69) is 74.8 Å². The zero-order valence-corrected chi connectivity index (χ0v) is 14.4. The normalized spacial score (nSPS) is 19.3. The molecule has 3 rings (SSSR count). The summed E-state index contributed by atoms with van der Waals surface area (Å²) >= 11 is 0. The van der Waals surface area contributed by atoms with Crippen molar-refractivity contribution in [2.24, 2.45) is 0 Å². The van der Waals surface area contributed by atoms with Gasteiger partial charge in [-0.25, -0.2) is 0 Å². The molecule has 0 fully saturated rings. The summed E-state index contributed by atoms with van der Waals surface area (Å²) in [4.78, 5) is 0. The lowest BCUT2D eigenvalue weighted by atomic mass is 9.66. The van der Waals surface area contributed by atoms with Gasteiger partial charge in [-0.1, -0.05) is 111 Å². The van der Waals surface area contributed by atoms with Crippen LogP contribution in [0.3, 0.4) is 0 Å². The predicted molar refractivity (Wildman–Crippen MR) is 109 cm³/mol. The van der Waals surface area contributed by atoms with E-state index in [-0.39, 0.29) is 0 Å². The molecular formula is C25H22. The summed E-state index contributed by atoms with van der Waals surface area (Å²) in [5, 5.41) is 0. The van der Waals surface area contributed by atoms with Crippen LogP contribution < -0.4 is 0 Å². The highest BCUT2D eigenvalue weighted by atomic mass is 14.5. The van der Waals surface area contributed by atoms with E-state index in [0.717, 1.165) is 16.7 Å². The van der Waals surface area contributed by atoms with Gasteiger partial charge in [0.05, 0.1) is 5.41 Å². The first-order valence-electron chi connectivity index (χ1n) is 8.36. The van der Waals surface area contributed by atoms with Gasteiger partial charge in [0.25, 0.3) is 0 Å². The molecule has 0 heterocycles. The Morgan fingerprint density at radius 1 is 0.800 bits per heavy atom. The largest absolute Gasteiger partial charge is 0.0991 e. The fourth-order valence-electron chi connectivity index (χ4n) is 3.97. The Morgan fingerprint density at radius 2 is 1.48 bits per heavy atom. The van der Waals surface area contributed by atoms with Crippen LogP contribution >= 0.6 is 0 Å². The number of fused-ring (bicyclic) bond motifs is 1. The van der Waals surface area contributed by atoms with Gasteiger partial charge in [0.2, 0.25) is 0 Å². The van der Waals surface area contributed by atoms with E-state index >= 15 is 0 Å². The molecule has 0 saturated carbocycles. The third kappa shape index (κ3) is 2.30. The number of hydrogen-bond donors (Lipinski definition) is 0. The molecule has 1 unspecified atom stereocenters. The van der Waals surface area contributed by atoms with Gasteiger partial charge in [0, 0.05) is 0 Å². The van der Waals surface area contributed by atoms with Crippen LogP contribution in [0, 0.1) is 0 Å². The van der Waals surface area contributed by atoms with Crippen molar-refractivity contribution in [3.05, 3.63) is 139 Å². The average molecular weight is 322 g/mol. The molecule has 0 saturated heterocycles. The van der Waals surface area contributed by atoms with Gasteiger partial charge in [-0.05, 0) is 33.4 Å². The quantitative estimate of drug-likeness (QED) is 0.539. The van der Waals surface area contributed by atoms with Crippen molar-refractivity contribution in [2.45, 2.75) is 5.41 Å². The lowest BCUT2D eigenvalue weighted by molar-refractivity contribution is 0.761. The van der Waals surface area contributed by atoms with Gasteiger partial charge < -0.3 is 0 Å². The highest BCUT2D eigenvalue weighted by Gasteiger charge is 2.46. The maximum Gasteiger partial charge on any atom is 0.0713 e. The van der Waals surface area contributed by atoms with Gasteiger partial charge >= 0.3 is 0 Å². The van der Waals surface area contributed by atoms with Gasteiger partial charge in [-0.15, -0.1) is 0 Å². The second-order valence-electron chi connectivity index (χ2n) is 5.96. The number of allylic oxidation sites excluding steroid dienone is 8. The molecule has 0 spiro atoms. The maximum absolute atomic E-state index is 4.13.